The first-order valence-corrected chi connectivity index (χ1v) is 12.6. The Balaban J connectivity index is 1.52. The van der Waals surface area contributed by atoms with Crippen molar-refractivity contribution >= 4 is 21.8 Å². The molecule has 0 saturated carbocycles. The van der Waals surface area contributed by atoms with Gasteiger partial charge in [0.15, 0.2) is 0 Å². The number of hydrogen-bond donors (Lipinski definition) is 1. The van der Waals surface area contributed by atoms with Crippen LogP contribution in [0, 0.1) is 11.6 Å². The predicted molar refractivity (Wildman–Crippen MR) is 132 cm³/mol. The second kappa shape index (κ2) is 10.0. The molecule has 8 heteroatoms. The maximum Gasteiger partial charge on any atom is 0.265 e. The lowest BCUT2D eigenvalue weighted by Crippen LogP contribution is -2.51. The topological polar surface area (TPSA) is 60.3 Å². The molecule has 2 aliphatic rings. The van der Waals surface area contributed by atoms with E-state index in [0.29, 0.717) is 47.0 Å². The van der Waals surface area contributed by atoms with Gasteiger partial charge in [0.25, 0.3) is 5.56 Å². The van der Waals surface area contributed by atoms with Crippen molar-refractivity contribution in [2.75, 3.05) is 6.61 Å². The Morgan fingerprint density at radius 3 is 2.71 bits per heavy atom. The highest BCUT2D eigenvalue weighted by Crippen LogP contribution is 2.32. The van der Waals surface area contributed by atoms with Crippen LogP contribution in [0.1, 0.15) is 36.6 Å². The number of aromatic nitrogens is 1. The first kappa shape index (κ1) is 23.9. The van der Waals surface area contributed by atoms with Crippen LogP contribution < -0.4 is 10.9 Å². The Morgan fingerprint density at radius 1 is 1.11 bits per heavy atom. The van der Waals surface area contributed by atoms with E-state index in [9.17, 15) is 14.0 Å². The number of nitrogens with one attached hydrogen (secondary N) is 1. The van der Waals surface area contributed by atoms with Crippen molar-refractivity contribution in [1.29, 1.82) is 0 Å². The third kappa shape index (κ3) is 4.82. The van der Waals surface area contributed by atoms with Gasteiger partial charge in [0, 0.05) is 17.9 Å². The van der Waals surface area contributed by atoms with E-state index in [4.69, 9.17) is 4.74 Å². The highest BCUT2D eigenvalue weighted by molar-refractivity contribution is 9.10. The molecule has 1 saturated heterocycles. The summed E-state index contributed by atoms with van der Waals surface area (Å²) in [6, 6.07) is 13.6. The van der Waals surface area contributed by atoms with E-state index in [0.717, 1.165) is 12.1 Å². The Hall–Kier alpha value is -2.84. The number of nitrogens with zero attached hydrogens (tertiary/aromatic N) is 1. The SMILES string of the molecule is O=C(NC1CCc2ccc(Br)c(=O)n2C1Cc1cccc(-c2cccc(F)c2)c1F)C1CCCO1. The summed E-state index contributed by atoms with van der Waals surface area (Å²) in [5, 5.41) is 3.08. The fourth-order valence-electron chi connectivity index (χ4n) is 5.11. The molecule has 3 aromatic rings. The van der Waals surface area contributed by atoms with Crippen molar-refractivity contribution in [3.63, 3.8) is 0 Å². The molecule has 0 bridgehead atoms. The van der Waals surface area contributed by atoms with Gasteiger partial charge in [0.2, 0.25) is 5.91 Å². The molecule has 1 fully saturated rings. The van der Waals surface area contributed by atoms with Crippen LogP contribution in [0.4, 0.5) is 8.78 Å². The zero-order valence-electron chi connectivity index (χ0n) is 19.0. The molecule has 2 aliphatic heterocycles. The molecule has 1 amide bonds. The first-order chi connectivity index (χ1) is 16.9. The zero-order chi connectivity index (χ0) is 24.5. The first-order valence-electron chi connectivity index (χ1n) is 11.8. The van der Waals surface area contributed by atoms with Gasteiger partial charge in [-0.1, -0.05) is 30.3 Å². The number of halogens is 3. The average Bonchev–Trinajstić information content (AvgIpc) is 3.39. The van der Waals surface area contributed by atoms with Gasteiger partial charge in [0.1, 0.15) is 17.7 Å². The average molecular weight is 543 g/mol. The lowest BCUT2D eigenvalue weighted by Gasteiger charge is -2.36. The van der Waals surface area contributed by atoms with Crippen LogP contribution in [-0.4, -0.2) is 29.2 Å². The highest BCUT2D eigenvalue weighted by atomic mass is 79.9. The molecular weight excluding hydrogens is 518 g/mol. The van der Waals surface area contributed by atoms with Crippen molar-refractivity contribution in [2.45, 2.75) is 50.3 Å². The Bertz CT molecular complexity index is 1320. The van der Waals surface area contributed by atoms with E-state index in [1.54, 1.807) is 41.0 Å². The van der Waals surface area contributed by atoms with Gasteiger partial charge in [-0.2, -0.15) is 0 Å². The summed E-state index contributed by atoms with van der Waals surface area (Å²) in [5.74, 6) is -1.10. The number of carbonyl (C=O) groups excluding carboxylic acids is 1. The van der Waals surface area contributed by atoms with Gasteiger partial charge in [-0.3, -0.25) is 9.59 Å². The van der Waals surface area contributed by atoms with Gasteiger partial charge < -0.3 is 14.6 Å². The molecule has 0 aliphatic carbocycles. The monoisotopic (exact) mass is 542 g/mol. The van der Waals surface area contributed by atoms with Crippen LogP contribution in [0.25, 0.3) is 11.1 Å². The smallest absolute Gasteiger partial charge is 0.265 e. The Labute approximate surface area is 210 Å². The largest absolute Gasteiger partial charge is 0.368 e. The summed E-state index contributed by atoms with van der Waals surface area (Å²) in [7, 11) is 0. The van der Waals surface area contributed by atoms with Crippen LogP contribution >= 0.6 is 15.9 Å². The second-order valence-electron chi connectivity index (χ2n) is 9.06. The molecule has 1 aromatic heterocycles. The molecule has 5 rings (SSSR count). The zero-order valence-corrected chi connectivity index (χ0v) is 20.6. The standard InChI is InChI=1S/C27H25BrF2N2O3/c28-21-11-9-19-10-12-22(31-26(33)24-8-3-13-35-24)23(32(19)27(21)34)15-17-5-2-7-20(25(17)30)16-4-1-6-18(29)14-16/h1-2,4-7,9,11,14,22-24H,3,8,10,12-13,15H2,(H,31,33). The lowest BCUT2D eigenvalue weighted by atomic mass is 9.89. The van der Waals surface area contributed by atoms with E-state index in [-0.39, 0.29) is 23.9 Å². The number of benzene rings is 2. The lowest BCUT2D eigenvalue weighted by molar-refractivity contribution is -0.131. The molecule has 35 heavy (non-hydrogen) atoms. The van der Waals surface area contributed by atoms with Crippen molar-refractivity contribution in [3.05, 3.63) is 92.3 Å². The predicted octanol–water partition coefficient (Wildman–Crippen LogP) is 4.95. The highest BCUT2D eigenvalue weighted by Gasteiger charge is 2.35. The summed E-state index contributed by atoms with van der Waals surface area (Å²) < 4.78 is 37.1. The van der Waals surface area contributed by atoms with Gasteiger partial charge in [0.05, 0.1) is 16.6 Å². The van der Waals surface area contributed by atoms with E-state index in [2.05, 4.69) is 21.2 Å². The summed E-state index contributed by atoms with van der Waals surface area (Å²) >= 11 is 3.33. The fraction of sp³-hybridized carbons (Fsp3) is 0.333. The number of pyridine rings is 1. The molecule has 182 valence electrons. The van der Waals surface area contributed by atoms with Crippen LogP contribution in [0.2, 0.25) is 0 Å². The molecule has 3 unspecified atom stereocenters. The minimum atomic E-state index is -0.496. The van der Waals surface area contributed by atoms with Crippen molar-refractivity contribution < 1.29 is 18.3 Å². The van der Waals surface area contributed by atoms with Crippen LogP contribution in [0.3, 0.4) is 0 Å². The maximum atomic E-state index is 15.7. The van der Waals surface area contributed by atoms with Crippen LogP contribution in [0.5, 0.6) is 0 Å². The fourth-order valence-corrected chi connectivity index (χ4v) is 5.44. The summed E-state index contributed by atoms with van der Waals surface area (Å²) in [6.07, 6.45) is 2.42. The van der Waals surface area contributed by atoms with E-state index < -0.39 is 23.8 Å². The van der Waals surface area contributed by atoms with Gasteiger partial charge >= 0.3 is 0 Å². The summed E-state index contributed by atoms with van der Waals surface area (Å²) in [5.41, 5.74) is 1.75. The minimum absolute atomic E-state index is 0.189. The molecular formula is C27H25BrF2N2O3. The van der Waals surface area contributed by atoms with E-state index >= 15 is 4.39 Å². The quantitative estimate of drug-likeness (QED) is 0.496. The minimum Gasteiger partial charge on any atom is -0.368 e. The molecule has 3 heterocycles. The number of fused-ring (bicyclic) bond motifs is 1. The maximum absolute atomic E-state index is 15.7. The third-order valence-corrected chi connectivity index (χ3v) is 7.46. The molecule has 0 radical (unpaired) electrons. The number of rotatable bonds is 5. The van der Waals surface area contributed by atoms with Crippen molar-refractivity contribution in [1.82, 2.24) is 9.88 Å². The molecule has 0 spiro atoms. The van der Waals surface area contributed by atoms with Gasteiger partial charge in [-0.05, 0) is 83.4 Å². The van der Waals surface area contributed by atoms with Crippen LogP contribution in [-0.2, 0) is 22.4 Å². The van der Waals surface area contributed by atoms with Crippen LogP contribution in [0.15, 0.2) is 63.9 Å². The summed E-state index contributed by atoms with van der Waals surface area (Å²) in [4.78, 5) is 26.0. The number of ether oxygens (including phenoxy) is 1. The molecule has 2 aromatic carbocycles. The number of hydrogen-bond acceptors (Lipinski definition) is 3. The molecule has 5 nitrogen and oxygen atoms in total. The van der Waals surface area contributed by atoms with Gasteiger partial charge in [-0.15, -0.1) is 0 Å². The van der Waals surface area contributed by atoms with Gasteiger partial charge in [-0.25, -0.2) is 8.78 Å². The molecule has 1 N–H and O–H groups in total. The third-order valence-electron chi connectivity index (χ3n) is 6.86. The van der Waals surface area contributed by atoms with Crippen molar-refractivity contribution in [2.24, 2.45) is 0 Å². The molecule has 3 atom stereocenters. The number of carbonyl (C=O) groups is 1. The Kier molecular flexibility index (Phi) is 6.84. The Morgan fingerprint density at radius 2 is 1.94 bits per heavy atom. The van der Waals surface area contributed by atoms with E-state index in [1.807, 2.05) is 6.07 Å². The number of amides is 1. The second-order valence-corrected chi connectivity index (χ2v) is 9.92. The normalized spacial score (nSPS) is 21.5. The van der Waals surface area contributed by atoms with Crippen molar-refractivity contribution in [3.8, 4) is 11.1 Å². The van der Waals surface area contributed by atoms with E-state index in [1.165, 1.54) is 12.1 Å². The number of aryl methyl sites for hydroxylation is 1. The summed E-state index contributed by atoms with van der Waals surface area (Å²) in [6.45, 7) is 0.555.